The van der Waals surface area contributed by atoms with Crippen molar-refractivity contribution in [3.63, 3.8) is 0 Å². The molecular weight excluding hydrogens is 540 g/mol. The smallest absolute Gasteiger partial charge is 0.282 e. The zero-order chi connectivity index (χ0) is 29.8. The predicted molar refractivity (Wildman–Crippen MR) is 170 cm³/mol. The van der Waals surface area contributed by atoms with E-state index in [0.29, 0.717) is 34.1 Å². The average molecular weight is 569 g/mol. The number of rotatable bonds is 8. The van der Waals surface area contributed by atoms with Gasteiger partial charge in [-0.25, -0.2) is 0 Å². The third-order valence-electron chi connectivity index (χ3n) is 6.84. The molecule has 0 unspecified atom stereocenters. The molecule has 0 fully saturated rings. The van der Waals surface area contributed by atoms with Crippen LogP contribution in [0.4, 0.5) is 22.7 Å². The molecule has 2 aliphatic heterocycles. The van der Waals surface area contributed by atoms with Gasteiger partial charge in [-0.2, -0.15) is 20.2 Å². The minimum absolute atomic E-state index is 0.183. The maximum Gasteiger partial charge on any atom is 0.282 e. The molecule has 4 aromatic rings. The van der Waals surface area contributed by atoms with E-state index in [-0.39, 0.29) is 11.8 Å². The number of carbonyl (C=O) groups excluding carboxylic acids is 2. The normalized spacial score (nSPS) is 16.5. The van der Waals surface area contributed by atoms with Crippen LogP contribution in [0, 0.1) is 0 Å². The minimum Gasteiger partial charge on any atom is -0.457 e. The van der Waals surface area contributed by atoms with Gasteiger partial charge in [-0.1, -0.05) is 36.4 Å². The SMILES string of the molecule is CC1=NN(c2ccccc2)C(=O)C1=CNc1ccc(Oc2ccc(NC=C3C(=O)N(c4ccccc4)N=C3C)cc2)cc1. The Morgan fingerprint density at radius 1 is 0.558 bits per heavy atom. The first kappa shape index (κ1) is 27.2. The molecule has 0 saturated heterocycles. The van der Waals surface area contributed by atoms with Gasteiger partial charge in [0.2, 0.25) is 0 Å². The molecule has 0 aliphatic carbocycles. The van der Waals surface area contributed by atoms with Gasteiger partial charge in [0, 0.05) is 23.8 Å². The molecule has 9 nitrogen and oxygen atoms in total. The first-order chi connectivity index (χ1) is 21.0. The van der Waals surface area contributed by atoms with Crippen molar-refractivity contribution in [3.8, 4) is 11.5 Å². The molecule has 0 radical (unpaired) electrons. The maximum atomic E-state index is 12.9. The number of nitrogens with zero attached hydrogens (tertiary/aromatic N) is 4. The zero-order valence-electron chi connectivity index (χ0n) is 23.6. The lowest BCUT2D eigenvalue weighted by molar-refractivity contribution is -0.115. The van der Waals surface area contributed by atoms with Crippen molar-refractivity contribution in [1.82, 2.24) is 0 Å². The van der Waals surface area contributed by atoms with Crippen molar-refractivity contribution < 1.29 is 14.3 Å². The van der Waals surface area contributed by atoms with Crippen LogP contribution < -0.4 is 25.4 Å². The van der Waals surface area contributed by atoms with E-state index in [1.54, 1.807) is 12.4 Å². The number of benzene rings is 4. The monoisotopic (exact) mass is 568 g/mol. The van der Waals surface area contributed by atoms with Gasteiger partial charge in [0.1, 0.15) is 11.5 Å². The van der Waals surface area contributed by atoms with Crippen molar-refractivity contribution in [3.05, 3.63) is 133 Å². The van der Waals surface area contributed by atoms with Gasteiger partial charge in [0.15, 0.2) is 0 Å². The summed E-state index contributed by atoms with van der Waals surface area (Å²) in [7, 11) is 0. The summed E-state index contributed by atoms with van der Waals surface area (Å²) in [4.78, 5) is 25.8. The standard InChI is InChI=1S/C34H28N6O3/c1-23-31(33(41)39(37-23)27-9-5-3-6-10-27)21-35-25-13-17-29(18-14-25)43-30-19-15-26(16-20-30)36-22-32-24(2)38-40(34(32)42)28-11-7-4-8-12-28/h3-22,35-36H,1-2H3. The highest BCUT2D eigenvalue weighted by Crippen LogP contribution is 2.27. The number of hydrogen-bond acceptors (Lipinski definition) is 7. The number of hydrogen-bond donors (Lipinski definition) is 2. The van der Waals surface area contributed by atoms with Gasteiger partial charge < -0.3 is 15.4 Å². The molecule has 43 heavy (non-hydrogen) atoms. The van der Waals surface area contributed by atoms with Crippen molar-refractivity contribution in [1.29, 1.82) is 0 Å². The topological polar surface area (TPSA) is 98.6 Å². The average Bonchev–Trinajstić information content (AvgIpc) is 3.49. The number of nitrogens with one attached hydrogen (secondary N) is 2. The second-order valence-electron chi connectivity index (χ2n) is 9.83. The second kappa shape index (κ2) is 11.9. The van der Waals surface area contributed by atoms with E-state index in [9.17, 15) is 9.59 Å². The number of amides is 2. The predicted octanol–water partition coefficient (Wildman–Crippen LogP) is 6.92. The summed E-state index contributed by atoms with van der Waals surface area (Å²) >= 11 is 0. The summed E-state index contributed by atoms with van der Waals surface area (Å²) in [5.41, 5.74) is 5.34. The van der Waals surface area contributed by atoms with Gasteiger partial charge in [0.25, 0.3) is 11.8 Å². The number of ether oxygens (including phenoxy) is 1. The Morgan fingerprint density at radius 2 is 0.930 bits per heavy atom. The van der Waals surface area contributed by atoms with Gasteiger partial charge >= 0.3 is 0 Å². The first-order valence-corrected chi connectivity index (χ1v) is 13.7. The van der Waals surface area contributed by atoms with Crippen LogP contribution >= 0.6 is 0 Å². The zero-order valence-corrected chi connectivity index (χ0v) is 23.6. The fourth-order valence-corrected chi connectivity index (χ4v) is 4.54. The highest BCUT2D eigenvalue weighted by atomic mass is 16.5. The molecular formula is C34H28N6O3. The Bertz CT molecular complexity index is 1640. The molecule has 9 heteroatoms. The van der Waals surface area contributed by atoms with Crippen LogP contribution in [0.3, 0.4) is 0 Å². The molecule has 0 bridgehead atoms. The lowest BCUT2D eigenvalue weighted by Gasteiger charge is -2.11. The molecule has 4 aromatic carbocycles. The summed E-state index contributed by atoms with van der Waals surface area (Å²) in [6.45, 7) is 3.62. The molecule has 0 saturated carbocycles. The molecule has 0 atom stereocenters. The largest absolute Gasteiger partial charge is 0.457 e. The number of para-hydroxylation sites is 2. The summed E-state index contributed by atoms with van der Waals surface area (Å²) in [6, 6.07) is 33.5. The van der Waals surface area contributed by atoms with Gasteiger partial charge in [-0.3, -0.25) is 9.59 Å². The van der Waals surface area contributed by atoms with Gasteiger partial charge in [0.05, 0.1) is 33.9 Å². The highest BCUT2D eigenvalue weighted by Gasteiger charge is 2.29. The Kier molecular flexibility index (Phi) is 7.52. The molecule has 2 amide bonds. The highest BCUT2D eigenvalue weighted by molar-refractivity contribution is 6.30. The number of hydrazone groups is 2. The lowest BCUT2D eigenvalue weighted by Crippen LogP contribution is -2.21. The van der Waals surface area contributed by atoms with Crippen molar-refractivity contribution in [2.45, 2.75) is 13.8 Å². The van der Waals surface area contributed by atoms with E-state index in [0.717, 1.165) is 22.7 Å². The van der Waals surface area contributed by atoms with Crippen LogP contribution in [-0.4, -0.2) is 23.2 Å². The Labute approximate surface area is 249 Å². The van der Waals surface area contributed by atoms with Crippen LogP contribution in [0.5, 0.6) is 11.5 Å². The Hall–Kier alpha value is -5.96. The molecule has 2 aliphatic rings. The van der Waals surface area contributed by atoms with Crippen LogP contribution in [0.15, 0.2) is 143 Å². The fourth-order valence-electron chi connectivity index (χ4n) is 4.54. The molecule has 0 spiro atoms. The van der Waals surface area contributed by atoms with Crippen LogP contribution in [-0.2, 0) is 9.59 Å². The molecule has 2 N–H and O–H groups in total. The van der Waals surface area contributed by atoms with E-state index < -0.39 is 0 Å². The quantitative estimate of drug-likeness (QED) is 0.225. The van der Waals surface area contributed by atoms with Crippen molar-refractivity contribution >= 4 is 46.0 Å². The maximum absolute atomic E-state index is 12.9. The van der Waals surface area contributed by atoms with Crippen LogP contribution in [0.25, 0.3) is 0 Å². The summed E-state index contributed by atoms with van der Waals surface area (Å²) in [5, 5.41) is 18.0. The van der Waals surface area contributed by atoms with Gasteiger partial charge in [-0.05, 0) is 86.6 Å². The van der Waals surface area contributed by atoms with Crippen LogP contribution in [0.2, 0.25) is 0 Å². The lowest BCUT2D eigenvalue weighted by atomic mass is 10.2. The first-order valence-electron chi connectivity index (χ1n) is 13.7. The van der Waals surface area contributed by atoms with E-state index >= 15 is 0 Å². The van der Waals surface area contributed by atoms with E-state index in [1.807, 2.05) is 123 Å². The van der Waals surface area contributed by atoms with E-state index in [4.69, 9.17) is 4.74 Å². The van der Waals surface area contributed by atoms with Crippen molar-refractivity contribution in [2.75, 3.05) is 20.7 Å². The fraction of sp³-hybridized carbons (Fsp3) is 0.0588. The summed E-state index contributed by atoms with van der Waals surface area (Å²) in [6.07, 6.45) is 3.35. The van der Waals surface area contributed by atoms with E-state index in [1.165, 1.54) is 10.0 Å². The summed E-state index contributed by atoms with van der Waals surface area (Å²) < 4.78 is 5.99. The molecule has 212 valence electrons. The minimum atomic E-state index is -0.183. The molecule has 6 rings (SSSR count). The van der Waals surface area contributed by atoms with E-state index in [2.05, 4.69) is 20.8 Å². The number of carbonyl (C=O) groups is 2. The summed E-state index contributed by atoms with van der Waals surface area (Å²) in [5.74, 6) is 0.959. The second-order valence-corrected chi connectivity index (χ2v) is 9.83. The molecule has 0 aromatic heterocycles. The third-order valence-corrected chi connectivity index (χ3v) is 6.84. The van der Waals surface area contributed by atoms with Crippen LogP contribution in [0.1, 0.15) is 13.8 Å². The number of anilines is 4. The van der Waals surface area contributed by atoms with Gasteiger partial charge in [-0.15, -0.1) is 0 Å². The third kappa shape index (κ3) is 5.91. The Morgan fingerprint density at radius 3 is 1.30 bits per heavy atom. The molecule has 2 heterocycles. The Balaban J connectivity index is 1.04. The van der Waals surface area contributed by atoms with Crippen molar-refractivity contribution in [2.24, 2.45) is 10.2 Å².